The van der Waals surface area contributed by atoms with Crippen molar-refractivity contribution in [1.29, 1.82) is 0 Å². The van der Waals surface area contributed by atoms with Crippen LogP contribution in [0, 0.1) is 0 Å². The van der Waals surface area contributed by atoms with E-state index < -0.39 is 0 Å². The molecule has 24 heavy (non-hydrogen) atoms. The summed E-state index contributed by atoms with van der Waals surface area (Å²) in [4.78, 5) is 6.83. The third-order valence-corrected chi connectivity index (χ3v) is 4.32. The first-order valence-corrected chi connectivity index (χ1v) is 9.42. The molecule has 0 atom stereocenters. The molecule has 0 spiro atoms. The highest BCUT2D eigenvalue weighted by Gasteiger charge is 2.04. The van der Waals surface area contributed by atoms with Crippen LogP contribution in [0.3, 0.4) is 0 Å². The highest BCUT2D eigenvalue weighted by Crippen LogP contribution is 2.16. The third-order valence-electron chi connectivity index (χ3n) is 4.32. The van der Waals surface area contributed by atoms with Crippen molar-refractivity contribution in [2.45, 2.75) is 38.5 Å². The molecule has 1 rings (SSSR count). The molecular weight excluding hydrogens is 294 g/mol. The molecule has 0 amide bonds. The molecule has 0 aliphatic carbocycles. The Labute approximate surface area is 150 Å². The van der Waals surface area contributed by atoms with E-state index in [-0.39, 0.29) is 0 Å². The van der Waals surface area contributed by atoms with Crippen molar-refractivity contribution in [2.75, 3.05) is 61.9 Å². The Bertz CT molecular complexity index is 373. The first-order valence-electron chi connectivity index (χ1n) is 9.42. The summed E-state index contributed by atoms with van der Waals surface area (Å²) in [6.45, 7) is 3.50. The van der Waals surface area contributed by atoms with Crippen LogP contribution in [-0.4, -0.2) is 76.6 Å². The lowest BCUT2D eigenvalue weighted by Crippen LogP contribution is -2.14. The van der Waals surface area contributed by atoms with E-state index in [4.69, 9.17) is 0 Å². The van der Waals surface area contributed by atoms with Crippen LogP contribution in [0.1, 0.15) is 36.0 Å². The van der Waals surface area contributed by atoms with E-state index in [1.54, 1.807) is 0 Å². The quantitative estimate of drug-likeness (QED) is 0.582. The molecule has 0 saturated heterocycles. The SMILES string of the molecule is CN(C)CCCc1cc(CCCN(C)C)cc(CCCN(C)C)c1. The second-order valence-corrected chi connectivity index (χ2v) is 7.88. The van der Waals surface area contributed by atoms with Crippen molar-refractivity contribution in [1.82, 2.24) is 14.7 Å². The van der Waals surface area contributed by atoms with Crippen LogP contribution in [0.2, 0.25) is 0 Å². The summed E-state index contributed by atoms with van der Waals surface area (Å²) >= 11 is 0. The molecule has 0 aliphatic rings. The minimum absolute atomic E-state index is 1.17. The van der Waals surface area contributed by atoms with Gasteiger partial charge in [-0.25, -0.2) is 0 Å². The van der Waals surface area contributed by atoms with Gasteiger partial charge in [0.2, 0.25) is 0 Å². The van der Waals surface area contributed by atoms with Gasteiger partial charge >= 0.3 is 0 Å². The summed E-state index contributed by atoms with van der Waals surface area (Å²) in [7, 11) is 12.9. The predicted octanol–water partition coefficient (Wildman–Crippen LogP) is 3.17. The van der Waals surface area contributed by atoms with Gasteiger partial charge in [0.05, 0.1) is 0 Å². The molecule has 3 heteroatoms. The van der Waals surface area contributed by atoms with Crippen LogP contribution in [0.25, 0.3) is 0 Å². The minimum atomic E-state index is 1.17. The Hall–Kier alpha value is -0.900. The van der Waals surface area contributed by atoms with Crippen LogP contribution in [0.5, 0.6) is 0 Å². The smallest absolute Gasteiger partial charge is 0.00217 e. The fourth-order valence-corrected chi connectivity index (χ4v) is 3.07. The fourth-order valence-electron chi connectivity index (χ4n) is 3.07. The van der Waals surface area contributed by atoms with Crippen molar-refractivity contribution in [3.8, 4) is 0 Å². The van der Waals surface area contributed by atoms with Gasteiger partial charge in [0.15, 0.2) is 0 Å². The first-order chi connectivity index (χ1) is 11.4. The highest BCUT2D eigenvalue weighted by molar-refractivity contribution is 5.31. The molecule has 0 fully saturated rings. The number of hydrogen-bond donors (Lipinski definition) is 0. The van der Waals surface area contributed by atoms with Gasteiger partial charge in [-0.05, 0) is 117 Å². The summed E-state index contributed by atoms with van der Waals surface area (Å²) < 4.78 is 0. The highest BCUT2D eigenvalue weighted by atomic mass is 15.1. The van der Waals surface area contributed by atoms with E-state index in [0.29, 0.717) is 0 Å². The molecule has 0 heterocycles. The van der Waals surface area contributed by atoms with Crippen LogP contribution in [-0.2, 0) is 19.3 Å². The maximum atomic E-state index is 2.45. The maximum absolute atomic E-state index is 2.45. The Balaban J connectivity index is 2.68. The molecule has 0 aliphatic heterocycles. The molecular formula is C21H39N3. The van der Waals surface area contributed by atoms with E-state index in [9.17, 15) is 0 Å². The Morgan fingerprint density at radius 2 is 0.750 bits per heavy atom. The summed E-state index contributed by atoms with van der Waals surface area (Å²) in [6.07, 6.45) is 7.31. The average Bonchev–Trinajstić information content (AvgIpc) is 2.46. The van der Waals surface area contributed by atoms with E-state index >= 15 is 0 Å². The van der Waals surface area contributed by atoms with Crippen molar-refractivity contribution >= 4 is 0 Å². The number of rotatable bonds is 12. The predicted molar refractivity (Wildman–Crippen MR) is 107 cm³/mol. The number of benzene rings is 1. The second-order valence-electron chi connectivity index (χ2n) is 7.88. The van der Waals surface area contributed by atoms with E-state index in [1.165, 1.54) is 74.8 Å². The summed E-state index contributed by atoms with van der Waals surface area (Å²) in [5.74, 6) is 0. The van der Waals surface area contributed by atoms with Gasteiger partial charge < -0.3 is 14.7 Å². The van der Waals surface area contributed by atoms with Gasteiger partial charge in [0, 0.05) is 0 Å². The van der Waals surface area contributed by atoms with Crippen molar-refractivity contribution < 1.29 is 0 Å². The maximum Gasteiger partial charge on any atom is -0.00217 e. The second kappa shape index (κ2) is 11.6. The van der Waals surface area contributed by atoms with Crippen molar-refractivity contribution in [3.63, 3.8) is 0 Å². The van der Waals surface area contributed by atoms with Gasteiger partial charge in [-0.1, -0.05) is 18.2 Å². The zero-order valence-corrected chi connectivity index (χ0v) is 16.9. The van der Waals surface area contributed by atoms with Crippen LogP contribution < -0.4 is 0 Å². The van der Waals surface area contributed by atoms with Gasteiger partial charge in [-0.15, -0.1) is 0 Å². The van der Waals surface area contributed by atoms with Crippen molar-refractivity contribution in [2.24, 2.45) is 0 Å². The van der Waals surface area contributed by atoms with Gasteiger partial charge in [-0.3, -0.25) is 0 Å². The summed E-state index contributed by atoms with van der Waals surface area (Å²) in [6, 6.07) is 7.34. The molecule has 0 N–H and O–H groups in total. The number of aryl methyl sites for hydroxylation is 3. The number of hydrogen-bond acceptors (Lipinski definition) is 3. The largest absolute Gasteiger partial charge is 0.309 e. The lowest BCUT2D eigenvalue weighted by atomic mass is 9.97. The van der Waals surface area contributed by atoms with E-state index in [0.717, 1.165) is 0 Å². The Kier molecular flexibility index (Phi) is 10.2. The van der Waals surface area contributed by atoms with Crippen molar-refractivity contribution in [3.05, 3.63) is 34.9 Å². The van der Waals surface area contributed by atoms with Gasteiger partial charge in [0.25, 0.3) is 0 Å². The summed E-state index contributed by atoms with van der Waals surface area (Å²) in [5.41, 5.74) is 4.58. The van der Waals surface area contributed by atoms with Crippen LogP contribution >= 0.6 is 0 Å². The topological polar surface area (TPSA) is 9.72 Å². The molecule has 1 aromatic carbocycles. The first kappa shape index (κ1) is 21.1. The zero-order valence-electron chi connectivity index (χ0n) is 16.9. The molecule has 138 valence electrons. The Morgan fingerprint density at radius 1 is 0.500 bits per heavy atom. The minimum Gasteiger partial charge on any atom is -0.309 e. The van der Waals surface area contributed by atoms with Gasteiger partial charge in [-0.2, -0.15) is 0 Å². The van der Waals surface area contributed by atoms with E-state index in [1.807, 2.05) is 0 Å². The molecule has 3 nitrogen and oxygen atoms in total. The molecule has 0 aromatic heterocycles. The molecule has 0 bridgehead atoms. The normalized spacial score (nSPS) is 11.9. The molecule has 0 unspecified atom stereocenters. The van der Waals surface area contributed by atoms with Crippen LogP contribution in [0.4, 0.5) is 0 Å². The van der Waals surface area contributed by atoms with E-state index in [2.05, 4.69) is 75.2 Å². The lowest BCUT2D eigenvalue weighted by Gasteiger charge is -2.14. The van der Waals surface area contributed by atoms with Crippen LogP contribution in [0.15, 0.2) is 18.2 Å². The lowest BCUT2D eigenvalue weighted by molar-refractivity contribution is 0.398. The Morgan fingerprint density at radius 3 is 0.958 bits per heavy atom. The summed E-state index contributed by atoms with van der Waals surface area (Å²) in [5, 5.41) is 0. The molecule has 0 saturated carbocycles. The monoisotopic (exact) mass is 333 g/mol. The zero-order chi connectivity index (χ0) is 17.9. The average molecular weight is 334 g/mol. The van der Waals surface area contributed by atoms with Gasteiger partial charge in [0.1, 0.15) is 0 Å². The standard InChI is InChI=1S/C21H39N3/c1-22(2)13-7-10-19-16-20(11-8-14-23(3)4)18-21(17-19)12-9-15-24(5)6/h16-18H,7-15H2,1-6H3. The number of nitrogens with zero attached hydrogens (tertiary/aromatic N) is 3. The fraction of sp³-hybridized carbons (Fsp3) is 0.714. The molecule has 1 aromatic rings. The molecule has 0 radical (unpaired) electrons. The third kappa shape index (κ3) is 10.1.